The summed E-state index contributed by atoms with van der Waals surface area (Å²) in [5.74, 6) is 0.195. The number of para-hydroxylation sites is 1. The van der Waals surface area contributed by atoms with Crippen LogP contribution < -0.4 is 14.8 Å². The van der Waals surface area contributed by atoms with Crippen molar-refractivity contribution < 1.29 is 28.3 Å². The molecule has 176 valence electrons. The minimum Gasteiger partial charge on any atom is -0.490 e. The number of carbonyl (C=O) groups excluding carboxylic acids is 3. The maximum Gasteiger partial charge on any atom is 0.298 e. The van der Waals surface area contributed by atoms with Crippen LogP contribution >= 0.6 is 0 Å². The fraction of sp³-hybridized carbons (Fsp3) is 0.346. The molecule has 2 aromatic carbocycles. The van der Waals surface area contributed by atoms with Gasteiger partial charge < -0.3 is 24.1 Å². The molecular formula is C26H26N2O6. The van der Waals surface area contributed by atoms with Gasteiger partial charge in [0.05, 0.1) is 13.2 Å². The maximum atomic E-state index is 12.7. The molecular weight excluding hydrogens is 436 g/mol. The first-order valence-electron chi connectivity index (χ1n) is 11.6. The van der Waals surface area contributed by atoms with Gasteiger partial charge in [-0.2, -0.15) is 0 Å². The van der Waals surface area contributed by atoms with Crippen LogP contribution in [0.4, 0.5) is 0 Å². The monoisotopic (exact) mass is 462 g/mol. The highest BCUT2D eigenvalue weighted by Gasteiger charge is 2.30. The molecule has 0 aliphatic carbocycles. The van der Waals surface area contributed by atoms with Crippen molar-refractivity contribution in [3.8, 4) is 11.5 Å². The highest BCUT2D eigenvalue weighted by atomic mass is 16.5. The molecule has 0 saturated carbocycles. The first kappa shape index (κ1) is 22.0. The number of piperidine rings is 1. The van der Waals surface area contributed by atoms with E-state index < -0.39 is 11.7 Å². The molecule has 0 bridgehead atoms. The highest BCUT2D eigenvalue weighted by molar-refractivity contribution is 6.42. The van der Waals surface area contributed by atoms with E-state index in [9.17, 15) is 14.4 Å². The summed E-state index contributed by atoms with van der Waals surface area (Å²) in [5, 5.41) is 3.77. The third kappa shape index (κ3) is 4.62. The Morgan fingerprint density at radius 2 is 1.71 bits per heavy atom. The molecule has 3 aromatic rings. The van der Waals surface area contributed by atoms with Crippen molar-refractivity contribution in [3.63, 3.8) is 0 Å². The lowest BCUT2D eigenvalue weighted by Gasteiger charge is -2.31. The van der Waals surface area contributed by atoms with Gasteiger partial charge in [0.25, 0.3) is 17.6 Å². The normalized spacial score (nSPS) is 16.2. The van der Waals surface area contributed by atoms with E-state index in [0.29, 0.717) is 68.3 Å². The standard InChI is InChI=1S/C26H26N2O6/c29-24(23-14-18-4-1-2-5-20(18)34-23)26(31)28-10-8-17(9-11-28)16-27-25(30)19-6-7-21-22(15-19)33-13-3-12-32-21/h1-2,4-7,14-15,17H,3,8-13,16H2,(H,27,30). The fourth-order valence-electron chi connectivity index (χ4n) is 4.33. The van der Waals surface area contributed by atoms with E-state index in [4.69, 9.17) is 13.9 Å². The number of ether oxygens (including phenoxy) is 2. The number of ketones is 1. The average molecular weight is 463 g/mol. The molecule has 1 N–H and O–H groups in total. The maximum absolute atomic E-state index is 12.7. The Labute approximate surface area is 196 Å². The van der Waals surface area contributed by atoms with Gasteiger partial charge in [-0.3, -0.25) is 14.4 Å². The number of benzene rings is 2. The SMILES string of the molecule is O=C(NCC1CCN(C(=O)C(=O)c2cc3ccccc3o2)CC1)c1ccc2c(c1)OCCCO2. The lowest BCUT2D eigenvalue weighted by Crippen LogP contribution is -2.44. The fourth-order valence-corrected chi connectivity index (χ4v) is 4.33. The van der Waals surface area contributed by atoms with Gasteiger partial charge in [0.15, 0.2) is 17.3 Å². The van der Waals surface area contributed by atoms with Crippen molar-refractivity contribution in [2.75, 3.05) is 32.8 Å². The van der Waals surface area contributed by atoms with E-state index in [1.54, 1.807) is 35.2 Å². The second-order valence-electron chi connectivity index (χ2n) is 8.64. The number of hydrogen-bond donors (Lipinski definition) is 1. The van der Waals surface area contributed by atoms with Gasteiger partial charge in [-0.15, -0.1) is 0 Å². The smallest absolute Gasteiger partial charge is 0.298 e. The molecule has 0 radical (unpaired) electrons. The van der Waals surface area contributed by atoms with E-state index in [-0.39, 0.29) is 17.6 Å². The Balaban J connectivity index is 1.12. The summed E-state index contributed by atoms with van der Waals surface area (Å²) in [6.45, 7) is 2.61. The molecule has 2 aliphatic heterocycles. The topological polar surface area (TPSA) is 98.1 Å². The van der Waals surface area contributed by atoms with E-state index in [0.717, 1.165) is 11.8 Å². The summed E-state index contributed by atoms with van der Waals surface area (Å²) in [6.07, 6.45) is 2.22. The van der Waals surface area contributed by atoms with Gasteiger partial charge in [0.1, 0.15) is 5.58 Å². The molecule has 8 heteroatoms. The summed E-state index contributed by atoms with van der Waals surface area (Å²) in [5.41, 5.74) is 1.11. The molecule has 1 saturated heterocycles. The van der Waals surface area contributed by atoms with Gasteiger partial charge in [-0.1, -0.05) is 18.2 Å². The van der Waals surface area contributed by atoms with E-state index >= 15 is 0 Å². The summed E-state index contributed by atoms with van der Waals surface area (Å²) < 4.78 is 16.8. The molecule has 0 spiro atoms. The molecule has 5 rings (SSSR count). The molecule has 1 fully saturated rings. The Bertz CT molecular complexity index is 1190. The van der Waals surface area contributed by atoms with Crippen LogP contribution in [0.3, 0.4) is 0 Å². The quantitative estimate of drug-likeness (QED) is 0.461. The van der Waals surface area contributed by atoms with Crippen LogP contribution in [0, 0.1) is 5.92 Å². The second kappa shape index (κ2) is 9.59. The van der Waals surface area contributed by atoms with Crippen LogP contribution in [0.2, 0.25) is 0 Å². The average Bonchev–Trinajstić information content (AvgIpc) is 3.17. The van der Waals surface area contributed by atoms with Crippen molar-refractivity contribution in [1.29, 1.82) is 0 Å². The molecule has 2 aliphatic rings. The Morgan fingerprint density at radius 1 is 0.941 bits per heavy atom. The van der Waals surface area contributed by atoms with Crippen LogP contribution in [-0.4, -0.2) is 55.3 Å². The number of Topliss-reactive ketones (excluding diaryl/α,β-unsaturated/α-hetero) is 1. The van der Waals surface area contributed by atoms with Crippen LogP contribution in [0.15, 0.2) is 52.9 Å². The number of carbonyl (C=O) groups is 3. The number of hydrogen-bond acceptors (Lipinski definition) is 6. The zero-order chi connectivity index (χ0) is 23.5. The molecule has 3 heterocycles. The van der Waals surface area contributed by atoms with Crippen molar-refractivity contribution in [3.05, 3.63) is 59.9 Å². The van der Waals surface area contributed by atoms with Crippen LogP contribution in [0.5, 0.6) is 11.5 Å². The van der Waals surface area contributed by atoms with Crippen molar-refractivity contribution >= 4 is 28.6 Å². The molecule has 2 amide bonds. The first-order chi connectivity index (χ1) is 16.6. The van der Waals surface area contributed by atoms with Crippen LogP contribution in [0.1, 0.15) is 40.2 Å². The molecule has 34 heavy (non-hydrogen) atoms. The zero-order valence-electron chi connectivity index (χ0n) is 18.7. The largest absolute Gasteiger partial charge is 0.490 e. The van der Waals surface area contributed by atoms with Gasteiger partial charge >= 0.3 is 0 Å². The number of fused-ring (bicyclic) bond motifs is 2. The lowest BCUT2D eigenvalue weighted by molar-refractivity contribution is -0.127. The zero-order valence-corrected chi connectivity index (χ0v) is 18.7. The number of nitrogens with zero attached hydrogens (tertiary/aromatic N) is 1. The minimum atomic E-state index is -0.627. The number of amides is 2. The Hall–Kier alpha value is -3.81. The number of nitrogens with one attached hydrogen (secondary N) is 1. The predicted molar refractivity (Wildman–Crippen MR) is 124 cm³/mol. The van der Waals surface area contributed by atoms with Gasteiger partial charge in [-0.05, 0) is 49.1 Å². The summed E-state index contributed by atoms with van der Waals surface area (Å²) in [4.78, 5) is 39.5. The third-order valence-electron chi connectivity index (χ3n) is 6.31. The summed E-state index contributed by atoms with van der Waals surface area (Å²) >= 11 is 0. The predicted octanol–water partition coefficient (Wildman–Crippen LogP) is 3.45. The highest BCUT2D eigenvalue weighted by Crippen LogP contribution is 2.30. The first-order valence-corrected chi connectivity index (χ1v) is 11.6. The molecule has 1 aromatic heterocycles. The van der Waals surface area contributed by atoms with Gasteiger partial charge in [0.2, 0.25) is 0 Å². The van der Waals surface area contributed by atoms with Crippen LogP contribution in [0.25, 0.3) is 11.0 Å². The molecule has 8 nitrogen and oxygen atoms in total. The minimum absolute atomic E-state index is 0.0655. The van der Waals surface area contributed by atoms with E-state index in [1.807, 2.05) is 18.2 Å². The van der Waals surface area contributed by atoms with Crippen molar-refractivity contribution in [2.45, 2.75) is 19.3 Å². The van der Waals surface area contributed by atoms with Gasteiger partial charge in [-0.25, -0.2) is 0 Å². The van der Waals surface area contributed by atoms with Crippen LogP contribution in [-0.2, 0) is 4.79 Å². The van der Waals surface area contributed by atoms with Gasteiger partial charge in [0, 0.05) is 37.0 Å². The molecule has 0 unspecified atom stereocenters. The second-order valence-corrected chi connectivity index (χ2v) is 8.64. The third-order valence-corrected chi connectivity index (χ3v) is 6.31. The number of rotatable bonds is 5. The Morgan fingerprint density at radius 3 is 2.50 bits per heavy atom. The van der Waals surface area contributed by atoms with E-state index in [1.165, 1.54) is 0 Å². The van der Waals surface area contributed by atoms with Crippen molar-refractivity contribution in [1.82, 2.24) is 10.2 Å². The van der Waals surface area contributed by atoms with E-state index in [2.05, 4.69) is 5.32 Å². The number of likely N-dealkylation sites (tertiary alicyclic amines) is 1. The number of furan rings is 1. The molecule has 0 atom stereocenters. The summed E-state index contributed by atoms with van der Waals surface area (Å²) in [6, 6.07) is 14.1. The van der Waals surface area contributed by atoms with Crippen molar-refractivity contribution in [2.24, 2.45) is 5.92 Å². The lowest BCUT2D eigenvalue weighted by atomic mass is 9.96. The summed E-state index contributed by atoms with van der Waals surface area (Å²) in [7, 11) is 0. The Kier molecular flexibility index (Phi) is 6.20.